The smallest absolute Gasteiger partial charge is 0.0597 e. The molecule has 9 heavy (non-hydrogen) atoms. The molecule has 1 unspecified atom stereocenters. The third-order valence-corrected chi connectivity index (χ3v) is 2.40. The number of hydrogen-bond donors (Lipinski definition) is 1. The van der Waals surface area contributed by atoms with E-state index in [1.807, 2.05) is 11.8 Å². The van der Waals surface area contributed by atoms with Crippen molar-refractivity contribution in [3.8, 4) is 0 Å². The molecule has 1 heterocycles. The van der Waals surface area contributed by atoms with Gasteiger partial charge in [0.25, 0.3) is 0 Å². The van der Waals surface area contributed by atoms with E-state index in [1.165, 1.54) is 0 Å². The van der Waals surface area contributed by atoms with E-state index in [4.69, 9.17) is 4.74 Å². The van der Waals surface area contributed by atoms with Gasteiger partial charge in [-0.3, -0.25) is 0 Å². The average molecular weight is 147 g/mol. The molecule has 0 amide bonds. The Hall–Kier alpha value is 0.270. The minimum Gasteiger partial charge on any atom is -0.379 e. The first-order valence-corrected chi connectivity index (χ1v) is 4.53. The minimum atomic E-state index is 0.660. The van der Waals surface area contributed by atoms with Crippen LogP contribution in [-0.2, 0) is 4.74 Å². The Bertz CT molecular complexity index is 71.5. The van der Waals surface area contributed by atoms with Crippen molar-refractivity contribution in [2.45, 2.75) is 5.25 Å². The summed E-state index contributed by atoms with van der Waals surface area (Å²) in [4.78, 5) is 0. The highest BCUT2D eigenvalue weighted by atomic mass is 32.2. The molecule has 0 aromatic heterocycles. The zero-order chi connectivity index (χ0) is 6.53. The zero-order valence-corrected chi connectivity index (χ0v) is 6.54. The van der Waals surface area contributed by atoms with Crippen LogP contribution in [0.4, 0.5) is 0 Å². The van der Waals surface area contributed by atoms with Crippen LogP contribution < -0.4 is 5.32 Å². The Balaban J connectivity index is 2.18. The molecule has 1 atom stereocenters. The van der Waals surface area contributed by atoms with E-state index in [0.29, 0.717) is 5.25 Å². The summed E-state index contributed by atoms with van der Waals surface area (Å²) in [5.41, 5.74) is 0. The van der Waals surface area contributed by atoms with Crippen molar-refractivity contribution in [3.63, 3.8) is 0 Å². The SMILES string of the molecule is CSC1CNCCOC1. The van der Waals surface area contributed by atoms with Gasteiger partial charge in [-0.2, -0.15) is 11.8 Å². The average Bonchev–Trinajstić information content (AvgIpc) is 2.13. The molecule has 0 bridgehead atoms. The van der Waals surface area contributed by atoms with Gasteiger partial charge in [0, 0.05) is 18.3 Å². The van der Waals surface area contributed by atoms with Crippen molar-refractivity contribution >= 4 is 11.8 Å². The highest BCUT2D eigenvalue weighted by molar-refractivity contribution is 7.99. The molecule has 1 fully saturated rings. The predicted octanol–water partition coefficient (Wildman–Crippen LogP) is 0.338. The molecule has 0 aliphatic carbocycles. The van der Waals surface area contributed by atoms with Crippen molar-refractivity contribution in [2.75, 3.05) is 32.6 Å². The first kappa shape index (κ1) is 7.38. The summed E-state index contributed by atoms with van der Waals surface area (Å²) in [5.74, 6) is 0. The number of rotatable bonds is 1. The summed E-state index contributed by atoms with van der Waals surface area (Å²) in [6, 6.07) is 0. The third kappa shape index (κ3) is 2.56. The largest absolute Gasteiger partial charge is 0.379 e. The molecule has 1 aliphatic heterocycles. The maximum atomic E-state index is 5.31. The highest BCUT2D eigenvalue weighted by Gasteiger charge is 2.08. The fourth-order valence-electron chi connectivity index (χ4n) is 0.832. The van der Waals surface area contributed by atoms with Crippen LogP contribution in [-0.4, -0.2) is 37.8 Å². The van der Waals surface area contributed by atoms with Gasteiger partial charge in [0.1, 0.15) is 0 Å². The Labute approximate surface area is 60.3 Å². The predicted molar refractivity (Wildman–Crippen MR) is 41.0 cm³/mol. The van der Waals surface area contributed by atoms with Crippen LogP contribution in [0.25, 0.3) is 0 Å². The van der Waals surface area contributed by atoms with E-state index in [1.54, 1.807) is 0 Å². The van der Waals surface area contributed by atoms with Crippen LogP contribution in [0.5, 0.6) is 0 Å². The van der Waals surface area contributed by atoms with Gasteiger partial charge in [0.05, 0.1) is 13.2 Å². The second kappa shape index (κ2) is 4.14. The van der Waals surface area contributed by atoms with E-state index < -0.39 is 0 Å². The summed E-state index contributed by atoms with van der Waals surface area (Å²) < 4.78 is 5.31. The number of nitrogens with one attached hydrogen (secondary N) is 1. The lowest BCUT2D eigenvalue weighted by Crippen LogP contribution is -2.24. The first-order chi connectivity index (χ1) is 4.43. The summed E-state index contributed by atoms with van der Waals surface area (Å²) in [6.45, 7) is 3.89. The monoisotopic (exact) mass is 147 g/mol. The summed E-state index contributed by atoms with van der Waals surface area (Å²) in [7, 11) is 0. The van der Waals surface area contributed by atoms with E-state index in [2.05, 4.69) is 11.6 Å². The summed E-state index contributed by atoms with van der Waals surface area (Å²) in [6.07, 6.45) is 2.13. The molecule has 0 spiro atoms. The molecule has 0 aromatic carbocycles. The van der Waals surface area contributed by atoms with Gasteiger partial charge in [0.15, 0.2) is 0 Å². The maximum Gasteiger partial charge on any atom is 0.0597 e. The van der Waals surface area contributed by atoms with Crippen LogP contribution in [0.3, 0.4) is 0 Å². The van der Waals surface area contributed by atoms with Crippen molar-refractivity contribution in [2.24, 2.45) is 0 Å². The van der Waals surface area contributed by atoms with Crippen LogP contribution in [0.15, 0.2) is 0 Å². The lowest BCUT2D eigenvalue weighted by Gasteiger charge is -2.08. The Morgan fingerprint density at radius 3 is 3.33 bits per heavy atom. The van der Waals surface area contributed by atoms with E-state index in [-0.39, 0.29) is 0 Å². The fraction of sp³-hybridized carbons (Fsp3) is 1.00. The molecule has 0 saturated carbocycles. The van der Waals surface area contributed by atoms with Crippen LogP contribution in [0.2, 0.25) is 0 Å². The molecule has 1 N–H and O–H groups in total. The topological polar surface area (TPSA) is 21.3 Å². The Morgan fingerprint density at radius 2 is 2.56 bits per heavy atom. The number of hydrogen-bond acceptors (Lipinski definition) is 3. The zero-order valence-electron chi connectivity index (χ0n) is 5.72. The summed E-state index contributed by atoms with van der Waals surface area (Å²) in [5, 5.41) is 3.96. The summed E-state index contributed by atoms with van der Waals surface area (Å²) >= 11 is 1.87. The molecule has 1 rings (SSSR count). The van der Waals surface area contributed by atoms with E-state index in [9.17, 15) is 0 Å². The lowest BCUT2D eigenvalue weighted by molar-refractivity contribution is 0.154. The minimum absolute atomic E-state index is 0.660. The van der Waals surface area contributed by atoms with Gasteiger partial charge >= 0.3 is 0 Å². The Morgan fingerprint density at radius 1 is 1.67 bits per heavy atom. The first-order valence-electron chi connectivity index (χ1n) is 3.24. The third-order valence-electron chi connectivity index (χ3n) is 1.43. The molecule has 1 aliphatic rings. The van der Waals surface area contributed by atoms with Crippen molar-refractivity contribution < 1.29 is 4.74 Å². The van der Waals surface area contributed by atoms with Crippen molar-refractivity contribution in [3.05, 3.63) is 0 Å². The number of ether oxygens (including phenoxy) is 1. The quantitative estimate of drug-likeness (QED) is 0.578. The molecule has 2 nitrogen and oxygen atoms in total. The molecule has 54 valence electrons. The maximum absolute atomic E-state index is 5.31. The van der Waals surface area contributed by atoms with Crippen LogP contribution in [0, 0.1) is 0 Å². The molecule has 1 saturated heterocycles. The second-order valence-electron chi connectivity index (χ2n) is 2.14. The van der Waals surface area contributed by atoms with Gasteiger partial charge in [-0.1, -0.05) is 0 Å². The van der Waals surface area contributed by atoms with Gasteiger partial charge in [-0.15, -0.1) is 0 Å². The standard InChI is InChI=1S/C6H13NOS/c1-9-6-4-7-2-3-8-5-6/h6-7H,2-5H2,1H3. The van der Waals surface area contributed by atoms with Crippen LogP contribution >= 0.6 is 11.8 Å². The van der Waals surface area contributed by atoms with E-state index in [0.717, 1.165) is 26.3 Å². The molecule has 0 radical (unpaired) electrons. The molecular formula is C6H13NOS. The van der Waals surface area contributed by atoms with Crippen molar-refractivity contribution in [1.29, 1.82) is 0 Å². The van der Waals surface area contributed by atoms with Gasteiger partial charge in [0.2, 0.25) is 0 Å². The number of thioether (sulfide) groups is 1. The molecule has 3 heteroatoms. The van der Waals surface area contributed by atoms with Gasteiger partial charge < -0.3 is 10.1 Å². The highest BCUT2D eigenvalue weighted by Crippen LogP contribution is 2.06. The molecule has 0 aromatic rings. The van der Waals surface area contributed by atoms with Crippen molar-refractivity contribution in [1.82, 2.24) is 5.32 Å². The Kier molecular flexibility index (Phi) is 3.40. The fourth-order valence-corrected chi connectivity index (χ4v) is 1.35. The molecular weight excluding hydrogens is 134 g/mol. The van der Waals surface area contributed by atoms with E-state index >= 15 is 0 Å². The van der Waals surface area contributed by atoms with Gasteiger partial charge in [-0.05, 0) is 6.26 Å². The lowest BCUT2D eigenvalue weighted by atomic mass is 10.4. The van der Waals surface area contributed by atoms with Crippen LogP contribution in [0.1, 0.15) is 0 Å². The normalized spacial score (nSPS) is 29.7. The van der Waals surface area contributed by atoms with Gasteiger partial charge in [-0.25, -0.2) is 0 Å². The second-order valence-corrected chi connectivity index (χ2v) is 3.27.